The van der Waals surface area contributed by atoms with Crippen molar-refractivity contribution >= 4 is 30.7 Å². The summed E-state index contributed by atoms with van der Waals surface area (Å²) in [5, 5.41) is 18.2. The second-order valence-corrected chi connectivity index (χ2v) is 5.58. The summed E-state index contributed by atoms with van der Waals surface area (Å²) in [6.45, 7) is 7.15. The first-order valence-corrected chi connectivity index (χ1v) is 6.93. The molecule has 0 amide bonds. The lowest BCUT2D eigenvalue weighted by atomic mass is 10.1. The third-order valence-corrected chi connectivity index (χ3v) is 3.84. The topological polar surface area (TPSA) is 84.6 Å². The molecule has 2 aromatic rings. The van der Waals surface area contributed by atoms with Gasteiger partial charge in [0.15, 0.2) is 0 Å². The Bertz CT molecular complexity index is 762. The fraction of sp³-hybridized carbons (Fsp3) is 0.308. The highest BCUT2D eigenvalue weighted by molar-refractivity contribution is 7.12. The molecule has 0 N–H and O–H groups in total. The Hall–Kier alpha value is -2.27. The number of rotatable bonds is 3. The molecule has 0 aliphatic heterocycles. The van der Waals surface area contributed by atoms with Crippen LogP contribution in [0.2, 0.25) is 0 Å². The molecule has 0 aliphatic carbocycles. The molecule has 0 atom stereocenters. The smallest absolute Gasteiger partial charge is 0.374 e. The van der Waals surface area contributed by atoms with E-state index in [0.717, 1.165) is 10.7 Å². The quantitative estimate of drug-likeness (QED) is 0.490. The molecule has 0 saturated heterocycles. The predicted octanol–water partition coefficient (Wildman–Crippen LogP) is 2.05. The van der Waals surface area contributed by atoms with Gasteiger partial charge in [-0.2, -0.15) is 10.4 Å². The lowest BCUT2D eigenvalue weighted by Crippen LogP contribution is -2.04. The van der Waals surface area contributed by atoms with E-state index in [-0.39, 0.29) is 11.3 Å². The first-order valence-electron chi connectivity index (χ1n) is 6.11. The van der Waals surface area contributed by atoms with Crippen molar-refractivity contribution in [2.24, 2.45) is 0 Å². The van der Waals surface area contributed by atoms with Gasteiger partial charge >= 0.3 is 8.05 Å². The van der Waals surface area contributed by atoms with Crippen molar-refractivity contribution in [3.8, 4) is 6.07 Å². The molecule has 0 bridgehead atoms. The van der Waals surface area contributed by atoms with E-state index in [1.54, 1.807) is 13.8 Å². The Morgan fingerprint density at radius 3 is 2.38 bits per heavy atom. The zero-order valence-corrected chi connectivity index (χ0v) is 12.9. The van der Waals surface area contributed by atoms with Crippen LogP contribution >= 0.6 is 11.3 Å². The van der Waals surface area contributed by atoms with Crippen LogP contribution in [0.25, 0.3) is 11.3 Å². The monoisotopic (exact) mass is 297 g/mol. The largest absolute Gasteiger partial charge is 0.566 e. The Labute approximate surface area is 128 Å². The van der Waals surface area contributed by atoms with Crippen LogP contribution in [-0.4, -0.2) is 28.2 Å². The Morgan fingerprint density at radius 1 is 1.14 bits per heavy atom. The lowest BCUT2D eigenvalue weighted by molar-refractivity contribution is 0.575. The minimum atomic E-state index is 0.222. The summed E-state index contributed by atoms with van der Waals surface area (Å²) in [6, 6.07) is 2.10. The van der Waals surface area contributed by atoms with Gasteiger partial charge in [-0.05, 0) is 27.7 Å². The van der Waals surface area contributed by atoms with Crippen molar-refractivity contribution in [3.05, 3.63) is 32.8 Å². The van der Waals surface area contributed by atoms with Gasteiger partial charge in [0.05, 0.1) is 21.3 Å². The van der Waals surface area contributed by atoms with Gasteiger partial charge < -0.3 is 4.65 Å². The molecular weight excluding hydrogens is 285 g/mol. The van der Waals surface area contributed by atoms with Crippen molar-refractivity contribution in [1.82, 2.24) is 20.2 Å². The minimum Gasteiger partial charge on any atom is -0.566 e. The van der Waals surface area contributed by atoms with Crippen molar-refractivity contribution in [3.63, 3.8) is 0 Å². The van der Waals surface area contributed by atoms with Gasteiger partial charge in [0.2, 0.25) is 0 Å². The third kappa shape index (κ3) is 2.93. The average Bonchev–Trinajstić information content (AvgIpc) is 2.77. The second kappa shape index (κ2) is 6.02. The molecule has 8 heteroatoms. The highest BCUT2D eigenvalue weighted by Gasteiger charge is 2.20. The summed E-state index contributed by atoms with van der Waals surface area (Å²) in [5.74, 6) is 0.723. The normalized spacial score (nSPS) is 11.8. The number of aromatic nitrogens is 4. The molecule has 0 aliphatic rings. The summed E-state index contributed by atoms with van der Waals surface area (Å²) in [4.78, 5) is 9.30. The van der Waals surface area contributed by atoms with E-state index in [1.165, 1.54) is 11.3 Å². The fourth-order valence-corrected chi connectivity index (χ4v) is 2.79. The number of allylic oxidation sites excluding steroid dienone is 1. The number of hydrogen-bond donors (Lipinski definition) is 0. The van der Waals surface area contributed by atoms with Crippen LogP contribution in [0.15, 0.2) is 0 Å². The molecule has 6 nitrogen and oxygen atoms in total. The van der Waals surface area contributed by atoms with Crippen LogP contribution in [0, 0.1) is 39.0 Å². The maximum absolute atomic E-state index is 9.51. The number of hydrogen-bond acceptors (Lipinski definition) is 7. The molecule has 2 heterocycles. The van der Waals surface area contributed by atoms with Crippen molar-refractivity contribution in [2.75, 3.05) is 0 Å². The molecule has 2 radical (unpaired) electrons. The van der Waals surface area contributed by atoms with Gasteiger partial charge in [0.25, 0.3) is 0 Å². The van der Waals surface area contributed by atoms with Gasteiger partial charge in [-0.3, -0.25) is 0 Å². The maximum atomic E-state index is 9.51. The van der Waals surface area contributed by atoms with Crippen LogP contribution in [-0.2, 0) is 4.65 Å². The predicted molar refractivity (Wildman–Crippen MR) is 80.2 cm³/mol. The van der Waals surface area contributed by atoms with Crippen LogP contribution in [0.4, 0.5) is 0 Å². The molecule has 0 spiro atoms. The summed E-state index contributed by atoms with van der Waals surface area (Å²) in [5.41, 5.74) is 1.92. The number of thiazole rings is 1. The van der Waals surface area contributed by atoms with Crippen molar-refractivity contribution in [1.29, 1.82) is 5.26 Å². The van der Waals surface area contributed by atoms with E-state index in [0.29, 0.717) is 22.1 Å². The summed E-state index contributed by atoms with van der Waals surface area (Å²) < 4.78 is 4.97. The fourth-order valence-electron chi connectivity index (χ4n) is 1.88. The molecular formula is C13H12BN5OS. The van der Waals surface area contributed by atoms with E-state index < -0.39 is 0 Å². The van der Waals surface area contributed by atoms with Crippen LogP contribution < -0.4 is 0 Å². The first kappa shape index (κ1) is 15.1. The summed E-state index contributed by atoms with van der Waals surface area (Å²) >= 11 is 1.41. The van der Waals surface area contributed by atoms with E-state index in [2.05, 4.69) is 26.2 Å². The van der Waals surface area contributed by atoms with E-state index >= 15 is 0 Å². The number of nitriles is 1. The van der Waals surface area contributed by atoms with Gasteiger partial charge in [-0.1, -0.05) is 0 Å². The van der Waals surface area contributed by atoms with Gasteiger partial charge in [0.1, 0.15) is 28.9 Å². The summed E-state index contributed by atoms with van der Waals surface area (Å²) in [6.07, 6.45) is 0. The van der Waals surface area contributed by atoms with E-state index in [4.69, 9.17) is 12.7 Å². The van der Waals surface area contributed by atoms with Gasteiger partial charge in [-0.25, -0.2) is 9.97 Å². The molecule has 2 rings (SSSR count). The third-order valence-electron chi connectivity index (χ3n) is 2.76. The minimum absolute atomic E-state index is 0.222. The zero-order chi connectivity index (χ0) is 15.6. The molecule has 104 valence electrons. The van der Waals surface area contributed by atoms with Crippen LogP contribution in [0.3, 0.4) is 0 Å². The highest BCUT2D eigenvalue weighted by Crippen LogP contribution is 2.32. The van der Waals surface area contributed by atoms with Crippen molar-refractivity contribution < 1.29 is 4.65 Å². The van der Waals surface area contributed by atoms with E-state index in [9.17, 15) is 5.26 Å². The number of nitrogens with zero attached hydrogens (tertiary/aromatic N) is 5. The molecule has 0 unspecified atom stereocenters. The maximum Gasteiger partial charge on any atom is 0.374 e. The second-order valence-electron chi connectivity index (χ2n) is 4.37. The first-order chi connectivity index (χ1) is 9.97. The zero-order valence-electron chi connectivity index (χ0n) is 12.1. The Kier molecular flexibility index (Phi) is 4.33. The highest BCUT2D eigenvalue weighted by atomic mass is 32.1. The molecule has 2 aromatic heterocycles. The molecule has 0 aromatic carbocycles. The standard InChI is InChI=1S/C13H12BN5OS/c1-6-11(17-8(3)19-18-6)10(5-15)12(20-14)13-7(2)16-9(4)21-13/h1-4H3. The average molecular weight is 297 g/mol. The summed E-state index contributed by atoms with van der Waals surface area (Å²) in [7, 11) is 5.39. The Balaban J connectivity index is 2.73. The van der Waals surface area contributed by atoms with Crippen LogP contribution in [0.5, 0.6) is 0 Å². The van der Waals surface area contributed by atoms with E-state index in [1.807, 2.05) is 13.8 Å². The van der Waals surface area contributed by atoms with Gasteiger partial charge in [0, 0.05) is 0 Å². The Morgan fingerprint density at radius 2 is 1.86 bits per heavy atom. The molecule has 21 heavy (non-hydrogen) atoms. The molecule has 0 saturated carbocycles. The molecule has 0 fully saturated rings. The SMILES string of the molecule is [B]OC(=C(C#N)c1nc(C)nnc1C)c1sc(C)nc1C. The van der Waals surface area contributed by atoms with Crippen molar-refractivity contribution in [2.45, 2.75) is 27.7 Å². The number of aryl methyl sites for hydroxylation is 4. The van der Waals surface area contributed by atoms with Gasteiger partial charge in [-0.15, -0.1) is 16.4 Å². The lowest BCUT2D eigenvalue weighted by Gasteiger charge is -2.10. The van der Waals surface area contributed by atoms with Crippen LogP contribution in [0.1, 0.15) is 32.8 Å².